The Labute approximate surface area is 146 Å². The van der Waals surface area contributed by atoms with Crippen LogP contribution in [0.1, 0.15) is 41.0 Å². The molecule has 0 saturated heterocycles. The van der Waals surface area contributed by atoms with Gasteiger partial charge in [-0.1, -0.05) is 12.1 Å². The van der Waals surface area contributed by atoms with Gasteiger partial charge in [0.05, 0.1) is 5.69 Å². The average Bonchev–Trinajstić information content (AvgIpc) is 3.00. The summed E-state index contributed by atoms with van der Waals surface area (Å²) >= 11 is 0. The van der Waals surface area contributed by atoms with Gasteiger partial charge in [-0.15, -0.1) is 5.10 Å². The molecule has 1 aliphatic rings. The number of amides is 1. The van der Waals surface area contributed by atoms with E-state index in [0.717, 1.165) is 16.7 Å². The van der Waals surface area contributed by atoms with Crippen LogP contribution in [0, 0.1) is 20.8 Å². The van der Waals surface area contributed by atoms with E-state index in [-0.39, 0.29) is 23.2 Å². The van der Waals surface area contributed by atoms with Gasteiger partial charge in [0.15, 0.2) is 0 Å². The Morgan fingerprint density at radius 1 is 1.20 bits per heavy atom. The first-order chi connectivity index (χ1) is 11.8. The predicted octanol–water partition coefficient (Wildman–Crippen LogP) is 3.14. The molecule has 2 aromatic rings. The van der Waals surface area contributed by atoms with Crippen molar-refractivity contribution in [2.45, 2.75) is 33.9 Å². The van der Waals surface area contributed by atoms with E-state index in [9.17, 15) is 9.90 Å². The number of aromatic hydroxyl groups is 1. The summed E-state index contributed by atoms with van der Waals surface area (Å²) in [6, 6.07) is 8.74. The van der Waals surface area contributed by atoms with Crippen LogP contribution in [0.25, 0.3) is 0 Å². The lowest BCUT2D eigenvalue weighted by Crippen LogP contribution is -2.25. The Morgan fingerprint density at radius 2 is 1.84 bits per heavy atom. The number of nitrogen functional groups attached to an aromatic ring is 1. The van der Waals surface area contributed by atoms with Crippen molar-refractivity contribution in [3.05, 3.63) is 58.1 Å². The molecule has 1 atom stereocenters. The fourth-order valence-corrected chi connectivity index (χ4v) is 2.79. The lowest BCUT2D eigenvalue weighted by molar-refractivity contribution is -0.135. The molecule has 0 saturated carbocycles. The first-order valence-corrected chi connectivity index (χ1v) is 7.99. The van der Waals surface area contributed by atoms with Gasteiger partial charge in [0, 0.05) is 18.1 Å². The van der Waals surface area contributed by atoms with Gasteiger partial charge in [0.1, 0.15) is 5.75 Å². The number of carbonyl (C=O) groups excluding carboxylic acids is 1. The van der Waals surface area contributed by atoms with Crippen molar-refractivity contribution in [2.75, 3.05) is 5.73 Å². The molecule has 1 aliphatic heterocycles. The van der Waals surface area contributed by atoms with E-state index < -0.39 is 6.23 Å². The highest BCUT2D eigenvalue weighted by molar-refractivity contribution is 5.97. The van der Waals surface area contributed by atoms with Gasteiger partial charge < -0.3 is 15.6 Å². The van der Waals surface area contributed by atoms with Crippen molar-refractivity contribution in [1.29, 1.82) is 0 Å². The third-order valence-corrected chi connectivity index (χ3v) is 4.48. The largest absolute Gasteiger partial charge is 0.506 e. The molecular weight excluding hydrogens is 318 g/mol. The van der Waals surface area contributed by atoms with E-state index in [1.54, 1.807) is 12.1 Å². The van der Waals surface area contributed by atoms with Gasteiger partial charge in [0.2, 0.25) is 18.0 Å². The van der Waals surface area contributed by atoms with E-state index in [4.69, 9.17) is 10.5 Å². The Balaban J connectivity index is 2.00. The maximum atomic E-state index is 12.0. The van der Waals surface area contributed by atoms with Gasteiger partial charge >= 0.3 is 0 Å². The number of ether oxygens (including phenoxy) is 1. The van der Waals surface area contributed by atoms with Crippen LogP contribution < -0.4 is 5.73 Å². The Kier molecular flexibility index (Phi) is 4.12. The normalized spacial score (nSPS) is 16.6. The molecule has 3 N–H and O–H groups in total. The molecule has 0 bridgehead atoms. The number of nitrogens with zero attached hydrogens (tertiary/aromatic N) is 2. The molecule has 1 amide bonds. The number of hydrazone groups is 1. The van der Waals surface area contributed by atoms with Crippen molar-refractivity contribution in [3.8, 4) is 5.75 Å². The number of hydrogen-bond acceptors (Lipinski definition) is 5. The summed E-state index contributed by atoms with van der Waals surface area (Å²) in [5, 5.41) is 15.4. The third-order valence-electron chi connectivity index (χ3n) is 4.48. The monoisotopic (exact) mass is 339 g/mol. The number of anilines is 1. The average molecular weight is 339 g/mol. The highest BCUT2D eigenvalue weighted by Crippen LogP contribution is 2.33. The molecule has 0 aliphatic carbocycles. The second-order valence-corrected chi connectivity index (χ2v) is 6.29. The third kappa shape index (κ3) is 3.03. The van der Waals surface area contributed by atoms with Gasteiger partial charge in [-0.25, -0.2) is 0 Å². The zero-order valence-electron chi connectivity index (χ0n) is 14.7. The number of benzene rings is 2. The van der Waals surface area contributed by atoms with E-state index in [0.29, 0.717) is 5.56 Å². The molecule has 1 unspecified atom stereocenters. The summed E-state index contributed by atoms with van der Waals surface area (Å²) in [6.07, 6.45) is -0.634. The Hall–Kier alpha value is -3.02. The molecule has 0 fully saturated rings. The zero-order chi connectivity index (χ0) is 18.3. The molecule has 0 aromatic heterocycles. The first kappa shape index (κ1) is 16.8. The minimum Gasteiger partial charge on any atom is -0.506 e. The fourth-order valence-electron chi connectivity index (χ4n) is 2.79. The molecule has 2 aromatic carbocycles. The number of phenolic OH excluding ortho intramolecular Hbond substituents is 1. The minimum atomic E-state index is -0.634. The number of hydrogen-bond donors (Lipinski definition) is 2. The highest BCUT2D eigenvalue weighted by Gasteiger charge is 2.33. The number of rotatable bonds is 2. The summed E-state index contributed by atoms with van der Waals surface area (Å²) in [5.74, 6) is -0.00872. The van der Waals surface area contributed by atoms with Crippen LogP contribution in [0.4, 0.5) is 5.69 Å². The highest BCUT2D eigenvalue weighted by atomic mass is 16.5. The lowest BCUT2D eigenvalue weighted by Gasteiger charge is -2.21. The standard InChI is InChI=1S/C19H21N3O3/c1-10-7-15(8-11(2)12(10)3)19-22(13(4)23)21-18(25-19)14-5-6-16(20)17(24)9-14/h5-9,19,24H,20H2,1-4H3. The van der Waals surface area contributed by atoms with Crippen LogP contribution in [-0.2, 0) is 9.53 Å². The molecule has 1 heterocycles. The summed E-state index contributed by atoms with van der Waals surface area (Å²) in [4.78, 5) is 12.0. The molecule has 25 heavy (non-hydrogen) atoms. The second-order valence-electron chi connectivity index (χ2n) is 6.29. The Bertz CT molecular complexity index is 866. The van der Waals surface area contributed by atoms with Crippen LogP contribution in [0.2, 0.25) is 0 Å². The van der Waals surface area contributed by atoms with Crippen LogP contribution >= 0.6 is 0 Å². The lowest BCUT2D eigenvalue weighted by atomic mass is 10.00. The van der Waals surface area contributed by atoms with E-state index in [1.165, 1.54) is 23.6 Å². The molecule has 0 spiro atoms. The molecule has 130 valence electrons. The summed E-state index contributed by atoms with van der Waals surface area (Å²) in [5.41, 5.74) is 10.8. The number of phenols is 1. The Morgan fingerprint density at radius 3 is 2.40 bits per heavy atom. The van der Waals surface area contributed by atoms with Crippen LogP contribution in [0.5, 0.6) is 5.75 Å². The van der Waals surface area contributed by atoms with Crippen LogP contribution in [-0.4, -0.2) is 21.9 Å². The number of carbonyl (C=O) groups is 1. The SMILES string of the molecule is CC(=O)N1N=C(c2ccc(N)c(O)c2)OC1c1cc(C)c(C)c(C)c1. The summed E-state index contributed by atoms with van der Waals surface area (Å²) in [6.45, 7) is 7.56. The molecular formula is C19H21N3O3. The second kappa shape index (κ2) is 6.12. The zero-order valence-corrected chi connectivity index (χ0v) is 14.7. The predicted molar refractivity (Wildman–Crippen MR) is 96.1 cm³/mol. The smallest absolute Gasteiger partial charge is 0.243 e. The van der Waals surface area contributed by atoms with Crippen molar-refractivity contribution in [2.24, 2.45) is 5.10 Å². The maximum Gasteiger partial charge on any atom is 0.243 e. The van der Waals surface area contributed by atoms with Crippen molar-refractivity contribution in [1.82, 2.24) is 5.01 Å². The van der Waals surface area contributed by atoms with Gasteiger partial charge in [-0.2, -0.15) is 5.01 Å². The molecule has 3 rings (SSSR count). The minimum absolute atomic E-state index is 0.0522. The first-order valence-electron chi connectivity index (χ1n) is 7.99. The van der Waals surface area contributed by atoms with Gasteiger partial charge in [0.25, 0.3) is 0 Å². The topological polar surface area (TPSA) is 88.2 Å². The number of nitrogens with two attached hydrogens (primary N) is 1. The fraction of sp³-hybridized carbons (Fsp3) is 0.263. The summed E-state index contributed by atoms with van der Waals surface area (Å²) < 4.78 is 5.96. The van der Waals surface area contributed by atoms with E-state index in [1.807, 2.05) is 26.0 Å². The van der Waals surface area contributed by atoms with Crippen molar-refractivity contribution >= 4 is 17.5 Å². The van der Waals surface area contributed by atoms with Crippen LogP contribution in [0.15, 0.2) is 35.4 Å². The molecule has 0 radical (unpaired) electrons. The maximum absolute atomic E-state index is 12.0. The molecule has 6 heteroatoms. The number of aryl methyl sites for hydroxylation is 2. The van der Waals surface area contributed by atoms with E-state index in [2.05, 4.69) is 12.0 Å². The van der Waals surface area contributed by atoms with Crippen LogP contribution in [0.3, 0.4) is 0 Å². The van der Waals surface area contributed by atoms with E-state index >= 15 is 0 Å². The van der Waals surface area contributed by atoms with Gasteiger partial charge in [-0.05, 0) is 55.7 Å². The van der Waals surface area contributed by atoms with Gasteiger partial charge in [-0.3, -0.25) is 4.79 Å². The summed E-state index contributed by atoms with van der Waals surface area (Å²) in [7, 11) is 0. The van der Waals surface area contributed by atoms with Crippen molar-refractivity contribution in [3.63, 3.8) is 0 Å². The van der Waals surface area contributed by atoms with Crippen molar-refractivity contribution < 1.29 is 14.6 Å². The quantitative estimate of drug-likeness (QED) is 0.650. The molecule has 6 nitrogen and oxygen atoms in total.